The zero-order valence-corrected chi connectivity index (χ0v) is 21.4. The molecule has 37 heavy (non-hydrogen) atoms. The van der Waals surface area contributed by atoms with Crippen LogP contribution in [0.2, 0.25) is 0 Å². The molecular formula is C28H32F3N3O3. The molecule has 1 aliphatic rings. The Labute approximate surface area is 214 Å². The fourth-order valence-corrected chi connectivity index (χ4v) is 5.57. The molecule has 2 aromatic carbocycles. The van der Waals surface area contributed by atoms with E-state index in [2.05, 4.69) is 40.1 Å². The summed E-state index contributed by atoms with van der Waals surface area (Å²) in [6.07, 6.45) is 1.69. The zero-order chi connectivity index (χ0) is 26.8. The van der Waals surface area contributed by atoms with Crippen molar-refractivity contribution in [2.24, 2.45) is 17.3 Å². The van der Waals surface area contributed by atoms with Gasteiger partial charge < -0.3 is 19.4 Å². The van der Waals surface area contributed by atoms with Crippen LogP contribution in [0.5, 0.6) is 5.75 Å². The van der Waals surface area contributed by atoms with Crippen LogP contribution < -0.4 is 10.1 Å². The van der Waals surface area contributed by atoms with Gasteiger partial charge in [-0.15, -0.1) is 13.2 Å². The molecule has 0 saturated heterocycles. The first-order valence-corrected chi connectivity index (χ1v) is 12.3. The van der Waals surface area contributed by atoms with Crippen molar-refractivity contribution in [3.8, 4) is 5.75 Å². The van der Waals surface area contributed by atoms with E-state index in [9.17, 15) is 18.0 Å². The van der Waals surface area contributed by atoms with Gasteiger partial charge in [0.1, 0.15) is 5.75 Å². The van der Waals surface area contributed by atoms with Gasteiger partial charge in [0.2, 0.25) is 5.95 Å². The maximum absolute atomic E-state index is 12.5. The summed E-state index contributed by atoms with van der Waals surface area (Å²) < 4.78 is 48.4. The number of alkyl halides is 3. The number of imidazole rings is 1. The van der Waals surface area contributed by atoms with Crippen molar-refractivity contribution in [2.45, 2.75) is 52.9 Å². The number of carbonyl (C=O) groups is 1. The molecular weight excluding hydrogens is 483 g/mol. The first-order valence-electron chi connectivity index (χ1n) is 12.3. The van der Waals surface area contributed by atoms with Crippen LogP contribution in [0.3, 0.4) is 0 Å². The molecule has 6 nitrogen and oxygen atoms in total. The van der Waals surface area contributed by atoms with Crippen molar-refractivity contribution in [1.82, 2.24) is 9.55 Å². The average molecular weight is 516 g/mol. The average Bonchev–Trinajstić information content (AvgIpc) is 3.12. The third-order valence-electron chi connectivity index (χ3n) is 6.65. The Morgan fingerprint density at radius 1 is 1.19 bits per heavy atom. The summed E-state index contributed by atoms with van der Waals surface area (Å²) in [5.41, 5.74) is 3.33. The maximum Gasteiger partial charge on any atom is 0.573 e. The molecule has 2 atom stereocenters. The second-order valence-corrected chi connectivity index (χ2v) is 10.6. The van der Waals surface area contributed by atoms with Crippen LogP contribution in [0.25, 0.3) is 17.1 Å². The molecule has 1 N–H and O–H groups in total. The predicted octanol–water partition coefficient (Wildman–Crippen LogP) is 7.33. The van der Waals surface area contributed by atoms with Crippen LogP contribution in [-0.4, -0.2) is 29.0 Å². The van der Waals surface area contributed by atoms with Gasteiger partial charge in [0.25, 0.3) is 0 Å². The van der Waals surface area contributed by atoms with E-state index in [1.54, 1.807) is 6.08 Å². The van der Waals surface area contributed by atoms with Crippen molar-refractivity contribution in [2.75, 3.05) is 12.4 Å². The molecule has 4 rings (SSSR count). The van der Waals surface area contributed by atoms with Gasteiger partial charge in [-0.2, -0.15) is 0 Å². The number of aromatic nitrogens is 2. The Morgan fingerprint density at radius 2 is 1.92 bits per heavy atom. The molecule has 0 radical (unpaired) electrons. The second-order valence-electron chi connectivity index (χ2n) is 10.6. The molecule has 1 unspecified atom stereocenters. The van der Waals surface area contributed by atoms with Crippen LogP contribution in [-0.2, 0) is 16.1 Å². The van der Waals surface area contributed by atoms with E-state index < -0.39 is 12.3 Å². The van der Waals surface area contributed by atoms with Gasteiger partial charge in [-0.25, -0.2) is 9.78 Å². The normalized spacial score (nSPS) is 19.8. The lowest BCUT2D eigenvalue weighted by atomic mass is 9.68. The second kappa shape index (κ2) is 10.5. The number of hydrogen-bond donors (Lipinski definition) is 1. The van der Waals surface area contributed by atoms with Gasteiger partial charge in [-0.3, -0.25) is 0 Å². The fourth-order valence-electron chi connectivity index (χ4n) is 5.57. The Balaban J connectivity index is 1.66. The quantitative estimate of drug-likeness (QED) is 0.264. The number of halogens is 3. The third kappa shape index (κ3) is 7.05. The number of hydrogen-bond acceptors (Lipinski definition) is 5. The summed E-state index contributed by atoms with van der Waals surface area (Å²) in [6, 6.07) is 11.4. The highest BCUT2D eigenvalue weighted by Gasteiger charge is 2.33. The zero-order valence-electron chi connectivity index (χ0n) is 21.4. The van der Waals surface area contributed by atoms with Crippen LogP contribution in [0.15, 0.2) is 48.5 Å². The smallest absolute Gasteiger partial charge is 0.466 e. The Hall–Kier alpha value is -3.49. The number of fused-ring (bicyclic) bond motifs is 1. The highest BCUT2D eigenvalue weighted by molar-refractivity contribution is 5.88. The largest absolute Gasteiger partial charge is 0.573 e. The molecule has 198 valence electrons. The topological polar surface area (TPSA) is 65.4 Å². The van der Waals surface area contributed by atoms with Gasteiger partial charge in [0, 0.05) is 18.3 Å². The standard InChI is InChI=1S/C28H32F3N3O3/c1-18-13-20(16-27(2,3)15-18)17-34-24-11-5-19(6-12-25(35)36-4)14-23(24)33-26(34)32-21-7-9-22(10-8-21)37-28(29,30)31/h5-12,14,18,20H,13,15-17H2,1-4H3,(H,32,33)/b12-6+/t18-,20?/m0/s1. The summed E-state index contributed by atoms with van der Waals surface area (Å²) in [4.78, 5) is 16.3. The van der Waals surface area contributed by atoms with E-state index in [4.69, 9.17) is 4.98 Å². The van der Waals surface area contributed by atoms with E-state index in [1.807, 2.05) is 18.2 Å². The lowest BCUT2D eigenvalue weighted by Gasteiger charge is -2.39. The number of esters is 1. The molecule has 3 aromatic rings. The number of benzene rings is 2. The lowest BCUT2D eigenvalue weighted by molar-refractivity contribution is -0.274. The number of anilines is 2. The fraction of sp³-hybridized carbons (Fsp3) is 0.429. The SMILES string of the molecule is COC(=O)/C=C/c1ccc2c(c1)nc(Nc1ccc(OC(F)(F)F)cc1)n2CC1C[C@H](C)CC(C)(C)C1. The minimum atomic E-state index is -4.74. The van der Waals surface area contributed by atoms with Gasteiger partial charge >= 0.3 is 12.3 Å². The highest BCUT2D eigenvalue weighted by Crippen LogP contribution is 2.43. The first kappa shape index (κ1) is 26.6. The van der Waals surface area contributed by atoms with E-state index in [0.29, 0.717) is 23.5 Å². The minimum absolute atomic E-state index is 0.256. The highest BCUT2D eigenvalue weighted by atomic mass is 19.4. The minimum Gasteiger partial charge on any atom is -0.466 e. The summed E-state index contributed by atoms with van der Waals surface area (Å²) >= 11 is 0. The number of ether oxygens (including phenoxy) is 2. The predicted molar refractivity (Wildman–Crippen MR) is 137 cm³/mol. The van der Waals surface area contributed by atoms with Crippen LogP contribution >= 0.6 is 0 Å². The number of methoxy groups -OCH3 is 1. The van der Waals surface area contributed by atoms with Crippen LogP contribution in [0.1, 0.15) is 45.6 Å². The first-order chi connectivity index (χ1) is 17.4. The van der Waals surface area contributed by atoms with Crippen LogP contribution in [0.4, 0.5) is 24.8 Å². The number of nitrogens with one attached hydrogen (secondary N) is 1. The van der Waals surface area contributed by atoms with Crippen molar-refractivity contribution in [3.05, 3.63) is 54.1 Å². The number of nitrogens with zero attached hydrogens (tertiary/aromatic N) is 2. The molecule has 9 heteroatoms. The van der Waals surface area contributed by atoms with Crippen molar-refractivity contribution in [1.29, 1.82) is 0 Å². The third-order valence-corrected chi connectivity index (χ3v) is 6.65. The van der Waals surface area contributed by atoms with E-state index in [-0.39, 0.29) is 11.2 Å². The van der Waals surface area contributed by atoms with Crippen LogP contribution in [0, 0.1) is 17.3 Å². The number of rotatable bonds is 7. The molecule has 1 aliphatic carbocycles. The Morgan fingerprint density at radius 3 is 2.57 bits per heavy atom. The monoisotopic (exact) mass is 515 g/mol. The molecule has 0 spiro atoms. The summed E-state index contributed by atoms with van der Waals surface area (Å²) in [5, 5.41) is 3.28. The van der Waals surface area contributed by atoms with Crippen molar-refractivity contribution in [3.63, 3.8) is 0 Å². The van der Waals surface area contributed by atoms with E-state index >= 15 is 0 Å². The maximum atomic E-state index is 12.5. The Bertz CT molecular complexity index is 1280. The van der Waals surface area contributed by atoms with Crippen molar-refractivity contribution >= 4 is 34.7 Å². The van der Waals surface area contributed by atoms with Gasteiger partial charge in [0.05, 0.1) is 18.1 Å². The van der Waals surface area contributed by atoms with Crippen molar-refractivity contribution < 1.29 is 27.4 Å². The molecule has 1 fully saturated rings. The van der Waals surface area contributed by atoms with E-state index in [0.717, 1.165) is 36.0 Å². The molecule has 1 saturated carbocycles. The van der Waals surface area contributed by atoms with Gasteiger partial charge in [-0.05, 0) is 84.6 Å². The molecule has 0 aliphatic heterocycles. The Kier molecular flexibility index (Phi) is 7.52. The van der Waals surface area contributed by atoms with Gasteiger partial charge in [-0.1, -0.05) is 26.8 Å². The summed E-state index contributed by atoms with van der Waals surface area (Å²) in [5.74, 6) is 0.950. The van der Waals surface area contributed by atoms with E-state index in [1.165, 1.54) is 43.9 Å². The number of carbonyl (C=O) groups excluding carboxylic acids is 1. The lowest BCUT2D eigenvalue weighted by Crippen LogP contribution is -2.30. The molecule has 0 amide bonds. The summed E-state index contributed by atoms with van der Waals surface area (Å²) in [6.45, 7) is 7.68. The molecule has 1 aromatic heterocycles. The summed E-state index contributed by atoms with van der Waals surface area (Å²) in [7, 11) is 1.32. The van der Waals surface area contributed by atoms with Gasteiger partial charge in [0.15, 0.2) is 0 Å². The molecule has 1 heterocycles. The molecule has 0 bridgehead atoms.